The van der Waals surface area contributed by atoms with Crippen LogP contribution in [0.2, 0.25) is 0 Å². The molecule has 0 saturated heterocycles. The van der Waals surface area contributed by atoms with Crippen molar-refractivity contribution in [2.24, 2.45) is 0 Å². The number of anilines is 1. The maximum Gasteiger partial charge on any atom is 0.323 e. The van der Waals surface area contributed by atoms with Gasteiger partial charge < -0.3 is 24.5 Å². The number of ether oxygens (including phenoxy) is 3. The number of nitrogens with one attached hydrogen (secondary N) is 3. The molecule has 2 rings (SSSR count). The summed E-state index contributed by atoms with van der Waals surface area (Å²) in [6.07, 6.45) is 2.66. The second-order valence-corrected chi connectivity index (χ2v) is 10.1. The number of hydrogen-bond acceptors (Lipinski definition) is 10. The van der Waals surface area contributed by atoms with E-state index in [0.717, 1.165) is 6.42 Å². The summed E-state index contributed by atoms with van der Waals surface area (Å²) in [5.41, 5.74) is 5.55. The normalized spacial score (nSPS) is 14.9. The number of nitrogens with two attached hydrogens (primary N) is 1. The summed E-state index contributed by atoms with van der Waals surface area (Å²) in [6, 6.07) is -1.84. The van der Waals surface area contributed by atoms with Gasteiger partial charge in [-0.3, -0.25) is 23.9 Å². The molecular weight excluding hydrogens is 481 g/mol. The standard InChI is InChI=1S/C20H34N7O7P/c1-5-7-9-34-19(30)14(4)26-35(31,25-13(3)18(29)33-6-2)12-32-10-8-27-11-22-15-16(27)23-20(21)24-17(15)28/h11,13-14H,5-10,12H2,1-4H3,(H2,25,26,31)(H3,21,23,24,28)/t13-,14+,35?/m1/s1. The lowest BCUT2D eigenvalue weighted by Gasteiger charge is -2.26. The van der Waals surface area contributed by atoms with Gasteiger partial charge in [0.25, 0.3) is 5.56 Å². The molecular formula is C20H34N7O7P. The van der Waals surface area contributed by atoms with E-state index in [0.29, 0.717) is 6.42 Å². The van der Waals surface area contributed by atoms with Gasteiger partial charge in [0.2, 0.25) is 13.4 Å². The smallest absolute Gasteiger partial charge is 0.323 e. The van der Waals surface area contributed by atoms with Gasteiger partial charge in [0.05, 0.1) is 26.1 Å². The third kappa shape index (κ3) is 8.42. The van der Waals surface area contributed by atoms with Crippen molar-refractivity contribution in [1.29, 1.82) is 0 Å². The molecule has 0 bridgehead atoms. The highest BCUT2D eigenvalue weighted by Crippen LogP contribution is 2.37. The van der Waals surface area contributed by atoms with Crippen molar-refractivity contribution >= 4 is 36.5 Å². The molecule has 0 spiro atoms. The maximum atomic E-state index is 13.6. The Hall–Kier alpha value is -2.80. The Morgan fingerprint density at radius 2 is 1.83 bits per heavy atom. The van der Waals surface area contributed by atoms with Crippen LogP contribution in [0.3, 0.4) is 0 Å². The number of rotatable bonds is 15. The number of H-pyrrole nitrogens is 1. The van der Waals surface area contributed by atoms with Crippen LogP contribution in [-0.4, -0.2) is 69.7 Å². The number of aromatic nitrogens is 4. The van der Waals surface area contributed by atoms with Crippen LogP contribution < -0.4 is 21.5 Å². The van der Waals surface area contributed by atoms with E-state index in [1.54, 1.807) is 11.5 Å². The van der Waals surface area contributed by atoms with Crippen molar-refractivity contribution in [2.45, 2.75) is 59.2 Å². The van der Waals surface area contributed by atoms with Crippen LogP contribution in [0.15, 0.2) is 11.1 Å². The molecule has 0 aliphatic heterocycles. The topological polar surface area (TPSA) is 193 Å². The molecule has 2 heterocycles. The number of esters is 2. The molecule has 35 heavy (non-hydrogen) atoms. The molecule has 3 atom stereocenters. The molecule has 0 amide bonds. The summed E-state index contributed by atoms with van der Waals surface area (Å²) >= 11 is 0. The average molecular weight is 516 g/mol. The first-order chi connectivity index (χ1) is 16.6. The average Bonchev–Trinajstić information content (AvgIpc) is 3.19. The zero-order valence-electron chi connectivity index (χ0n) is 20.4. The second kappa shape index (κ2) is 13.3. The molecule has 0 fully saturated rings. The van der Waals surface area contributed by atoms with Gasteiger partial charge in [-0.15, -0.1) is 0 Å². The summed E-state index contributed by atoms with van der Waals surface area (Å²) in [7, 11) is -3.61. The van der Waals surface area contributed by atoms with E-state index in [1.807, 2.05) is 6.92 Å². The Bertz CT molecular complexity index is 1100. The van der Waals surface area contributed by atoms with E-state index in [9.17, 15) is 18.9 Å². The lowest BCUT2D eigenvalue weighted by Crippen LogP contribution is -2.43. The van der Waals surface area contributed by atoms with Gasteiger partial charge in [0, 0.05) is 6.54 Å². The lowest BCUT2D eigenvalue weighted by molar-refractivity contribution is -0.145. The summed E-state index contributed by atoms with van der Waals surface area (Å²) in [5.74, 6) is -1.20. The van der Waals surface area contributed by atoms with Crippen molar-refractivity contribution in [3.63, 3.8) is 0 Å². The molecule has 0 aliphatic rings. The molecule has 0 aliphatic carbocycles. The molecule has 2 aromatic rings. The minimum absolute atomic E-state index is 0.0455. The number of nitrogens with zero attached hydrogens (tertiary/aromatic N) is 3. The van der Waals surface area contributed by atoms with Crippen molar-refractivity contribution < 1.29 is 28.4 Å². The molecule has 0 radical (unpaired) electrons. The number of fused-ring (bicyclic) bond motifs is 1. The molecule has 196 valence electrons. The molecule has 0 saturated carbocycles. The van der Waals surface area contributed by atoms with Crippen molar-refractivity contribution in [3.05, 3.63) is 16.7 Å². The van der Waals surface area contributed by atoms with Gasteiger partial charge in [0.15, 0.2) is 11.2 Å². The highest BCUT2D eigenvalue weighted by atomic mass is 31.2. The first kappa shape index (κ1) is 28.4. The summed E-state index contributed by atoms with van der Waals surface area (Å²) in [4.78, 5) is 46.7. The molecule has 15 heteroatoms. The Morgan fingerprint density at radius 3 is 2.46 bits per heavy atom. The molecule has 14 nitrogen and oxygen atoms in total. The predicted octanol–water partition coefficient (Wildman–Crippen LogP) is 0.732. The molecule has 0 aromatic carbocycles. The van der Waals surface area contributed by atoms with Crippen molar-refractivity contribution in [3.8, 4) is 0 Å². The predicted molar refractivity (Wildman–Crippen MR) is 129 cm³/mol. The fourth-order valence-electron chi connectivity index (χ4n) is 3.04. The quantitative estimate of drug-likeness (QED) is 0.148. The van der Waals surface area contributed by atoms with Crippen LogP contribution >= 0.6 is 7.44 Å². The largest absolute Gasteiger partial charge is 0.465 e. The lowest BCUT2D eigenvalue weighted by atomic mass is 10.3. The maximum absolute atomic E-state index is 13.6. The fourth-order valence-corrected chi connectivity index (χ4v) is 5.11. The Kier molecular flexibility index (Phi) is 10.8. The monoisotopic (exact) mass is 515 g/mol. The first-order valence-corrected chi connectivity index (χ1v) is 13.3. The Balaban J connectivity index is 2.04. The van der Waals surface area contributed by atoms with E-state index in [-0.39, 0.29) is 49.8 Å². The Labute approximate surface area is 202 Å². The van der Waals surface area contributed by atoms with E-state index in [2.05, 4.69) is 25.1 Å². The van der Waals surface area contributed by atoms with Gasteiger partial charge in [0.1, 0.15) is 18.4 Å². The minimum Gasteiger partial charge on any atom is -0.465 e. The third-order valence-corrected chi connectivity index (χ3v) is 6.94. The third-order valence-electron chi connectivity index (χ3n) is 4.78. The minimum atomic E-state index is -3.61. The Morgan fingerprint density at radius 1 is 1.17 bits per heavy atom. The van der Waals surface area contributed by atoms with E-state index in [4.69, 9.17) is 19.9 Å². The zero-order valence-corrected chi connectivity index (χ0v) is 21.3. The van der Waals surface area contributed by atoms with Crippen LogP contribution in [0, 0.1) is 0 Å². The van der Waals surface area contributed by atoms with Crippen molar-refractivity contribution in [1.82, 2.24) is 29.7 Å². The van der Waals surface area contributed by atoms with E-state index in [1.165, 1.54) is 20.2 Å². The summed E-state index contributed by atoms with van der Waals surface area (Å²) in [5, 5.41) is 5.44. The number of unbranched alkanes of at least 4 members (excludes halogenated alkanes) is 1. The fraction of sp³-hybridized carbons (Fsp3) is 0.650. The van der Waals surface area contributed by atoms with Gasteiger partial charge >= 0.3 is 11.9 Å². The van der Waals surface area contributed by atoms with Crippen LogP contribution in [-0.2, 0) is 34.9 Å². The second-order valence-electron chi connectivity index (χ2n) is 7.81. The zero-order chi connectivity index (χ0) is 26.0. The number of carbonyl (C=O) groups excluding carboxylic acids is 2. The number of hydrogen-bond donors (Lipinski definition) is 4. The van der Waals surface area contributed by atoms with E-state index < -0.39 is 37.0 Å². The van der Waals surface area contributed by atoms with Crippen molar-refractivity contribution in [2.75, 3.05) is 31.9 Å². The van der Waals surface area contributed by atoms with Crippen LogP contribution in [0.4, 0.5) is 5.95 Å². The van der Waals surface area contributed by atoms with Gasteiger partial charge in [-0.05, 0) is 27.2 Å². The molecule has 1 unspecified atom stereocenters. The number of carbonyl (C=O) groups is 2. The molecule has 2 aromatic heterocycles. The SMILES string of the molecule is CCCCOC(=O)[C@H](C)NP(=O)(COCCn1cnc2c(=O)[nH]c(N)nc21)N[C@H](C)C(=O)OCC. The van der Waals surface area contributed by atoms with Crippen LogP contribution in [0.1, 0.15) is 40.5 Å². The van der Waals surface area contributed by atoms with Crippen LogP contribution in [0.25, 0.3) is 11.2 Å². The summed E-state index contributed by atoms with van der Waals surface area (Å²) in [6.45, 7) is 7.37. The number of imidazole rings is 1. The van der Waals surface area contributed by atoms with Crippen LogP contribution in [0.5, 0.6) is 0 Å². The van der Waals surface area contributed by atoms with Gasteiger partial charge in [-0.1, -0.05) is 13.3 Å². The number of aromatic amines is 1. The van der Waals surface area contributed by atoms with E-state index >= 15 is 0 Å². The molecule has 5 N–H and O–H groups in total. The highest BCUT2D eigenvalue weighted by molar-refractivity contribution is 7.59. The highest BCUT2D eigenvalue weighted by Gasteiger charge is 2.32. The number of nitrogen functional groups attached to an aromatic ring is 1. The van der Waals surface area contributed by atoms with Gasteiger partial charge in [-0.2, -0.15) is 4.98 Å². The summed E-state index contributed by atoms with van der Waals surface area (Å²) < 4.78 is 30.9. The van der Waals surface area contributed by atoms with Gasteiger partial charge in [-0.25, -0.2) is 15.2 Å². The first-order valence-electron chi connectivity index (χ1n) is 11.4.